The van der Waals surface area contributed by atoms with Gasteiger partial charge in [-0.05, 0) is 35.4 Å². The summed E-state index contributed by atoms with van der Waals surface area (Å²) < 4.78 is 0. The van der Waals surface area contributed by atoms with Crippen LogP contribution in [0.2, 0.25) is 0 Å². The van der Waals surface area contributed by atoms with E-state index in [1.54, 1.807) is 0 Å². The summed E-state index contributed by atoms with van der Waals surface area (Å²) in [6, 6.07) is 31.4. The summed E-state index contributed by atoms with van der Waals surface area (Å²) in [6.45, 7) is 2.12. The molecule has 0 aliphatic rings. The van der Waals surface area contributed by atoms with E-state index in [2.05, 4.69) is 91.9 Å². The first-order valence-electron chi connectivity index (χ1n) is 9.11. The summed E-state index contributed by atoms with van der Waals surface area (Å²) in [5.41, 5.74) is 5.31. The van der Waals surface area contributed by atoms with Crippen molar-refractivity contribution in [3.05, 3.63) is 96.6 Å². The number of hydrogen-bond donors (Lipinski definition) is 0. The van der Waals surface area contributed by atoms with Crippen molar-refractivity contribution in [1.82, 2.24) is 9.97 Å². The van der Waals surface area contributed by atoms with Gasteiger partial charge in [-0.1, -0.05) is 78.9 Å². The zero-order valence-corrected chi connectivity index (χ0v) is 15.1. The lowest BCUT2D eigenvalue weighted by Gasteiger charge is -2.11. The van der Waals surface area contributed by atoms with Crippen molar-refractivity contribution in [3.8, 4) is 22.6 Å². The summed E-state index contributed by atoms with van der Waals surface area (Å²) in [4.78, 5) is 9.89. The fraction of sp³-hybridized carbons (Fsp3) is 0.0400. The van der Waals surface area contributed by atoms with Crippen LogP contribution < -0.4 is 0 Å². The SMILES string of the molecule is Cc1cccc2nc(-c3ccc4ccccc4c3)nc(-c3ccccc3)c12. The molecule has 128 valence electrons. The molecule has 1 aromatic heterocycles. The van der Waals surface area contributed by atoms with E-state index in [1.807, 2.05) is 6.07 Å². The van der Waals surface area contributed by atoms with Crippen molar-refractivity contribution in [1.29, 1.82) is 0 Å². The van der Waals surface area contributed by atoms with E-state index >= 15 is 0 Å². The molecule has 0 saturated heterocycles. The van der Waals surface area contributed by atoms with Gasteiger partial charge in [0.05, 0.1) is 11.2 Å². The first-order chi connectivity index (χ1) is 13.3. The smallest absolute Gasteiger partial charge is 0.160 e. The minimum atomic E-state index is 0.762. The lowest BCUT2D eigenvalue weighted by atomic mass is 10.0. The van der Waals surface area contributed by atoms with Crippen LogP contribution in [0.25, 0.3) is 44.3 Å². The maximum atomic E-state index is 5.00. The van der Waals surface area contributed by atoms with Gasteiger partial charge in [-0.3, -0.25) is 0 Å². The Balaban J connectivity index is 1.80. The summed E-state index contributed by atoms with van der Waals surface area (Å²) in [5, 5.41) is 3.54. The van der Waals surface area contributed by atoms with Crippen molar-refractivity contribution < 1.29 is 0 Å². The number of hydrogen-bond acceptors (Lipinski definition) is 2. The quantitative estimate of drug-likeness (QED) is 0.368. The highest BCUT2D eigenvalue weighted by atomic mass is 14.9. The zero-order valence-electron chi connectivity index (χ0n) is 15.1. The van der Waals surface area contributed by atoms with Gasteiger partial charge in [-0.25, -0.2) is 9.97 Å². The lowest BCUT2D eigenvalue weighted by molar-refractivity contribution is 1.22. The molecule has 5 aromatic rings. The maximum absolute atomic E-state index is 5.00. The normalized spacial score (nSPS) is 11.1. The van der Waals surface area contributed by atoms with Crippen molar-refractivity contribution in [2.45, 2.75) is 6.92 Å². The van der Waals surface area contributed by atoms with E-state index in [1.165, 1.54) is 16.3 Å². The molecule has 0 saturated carbocycles. The van der Waals surface area contributed by atoms with E-state index in [0.29, 0.717) is 0 Å². The monoisotopic (exact) mass is 346 g/mol. The fourth-order valence-corrected chi connectivity index (χ4v) is 3.62. The third-order valence-corrected chi connectivity index (χ3v) is 4.99. The van der Waals surface area contributed by atoms with Crippen molar-refractivity contribution in [2.24, 2.45) is 0 Å². The molecule has 0 fully saturated rings. The van der Waals surface area contributed by atoms with Crippen LogP contribution in [0.5, 0.6) is 0 Å². The van der Waals surface area contributed by atoms with Crippen LogP contribution in [0.4, 0.5) is 0 Å². The average molecular weight is 346 g/mol. The zero-order chi connectivity index (χ0) is 18.2. The fourth-order valence-electron chi connectivity index (χ4n) is 3.62. The first-order valence-corrected chi connectivity index (χ1v) is 9.11. The predicted octanol–water partition coefficient (Wildman–Crippen LogP) is 6.43. The molecule has 27 heavy (non-hydrogen) atoms. The van der Waals surface area contributed by atoms with Gasteiger partial charge in [0.15, 0.2) is 5.82 Å². The Morgan fingerprint density at radius 1 is 0.593 bits per heavy atom. The van der Waals surface area contributed by atoms with Crippen LogP contribution in [0, 0.1) is 6.92 Å². The van der Waals surface area contributed by atoms with Gasteiger partial charge in [0.25, 0.3) is 0 Å². The third kappa shape index (κ3) is 2.76. The second-order valence-electron chi connectivity index (χ2n) is 6.79. The summed E-state index contributed by atoms with van der Waals surface area (Å²) in [6.07, 6.45) is 0. The van der Waals surface area contributed by atoms with Crippen molar-refractivity contribution in [2.75, 3.05) is 0 Å². The molecule has 2 nitrogen and oxygen atoms in total. The highest BCUT2D eigenvalue weighted by Gasteiger charge is 2.13. The molecule has 1 heterocycles. The number of aromatic nitrogens is 2. The molecule has 0 radical (unpaired) electrons. The van der Waals surface area contributed by atoms with Gasteiger partial charge in [0.1, 0.15) is 0 Å². The van der Waals surface area contributed by atoms with Crippen LogP contribution in [0.1, 0.15) is 5.56 Å². The molecule has 0 unspecified atom stereocenters. The van der Waals surface area contributed by atoms with Gasteiger partial charge in [0, 0.05) is 16.5 Å². The Morgan fingerprint density at radius 3 is 2.22 bits per heavy atom. The Bertz CT molecular complexity index is 1270. The van der Waals surface area contributed by atoms with E-state index in [0.717, 1.165) is 33.5 Å². The molecule has 0 amide bonds. The Labute approximate surface area is 158 Å². The predicted molar refractivity (Wildman–Crippen MR) is 113 cm³/mol. The van der Waals surface area contributed by atoms with Crippen LogP contribution in [-0.2, 0) is 0 Å². The van der Waals surface area contributed by atoms with Gasteiger partial charge < -0.3 is 0 Å². The van der Waals surface area contributed by atoms with Crippen molar-refractivity contribution in [3.63, 3.8) is 0 Å². The molecule has 5 rings (SSSR count). The molecular formula is C25H18N2. The van der Waals surface area contributed by atoms with Crippen molar-refractivity contribution >= 4 is 21.7 Å². The van der Waals surface area contributed by atoms with E-state index in [-0.39, 0.29) is 0 Å². The molecule has 2 heteroatoms. The summed E-state index contributed by atoms with van der Waals surface area (Å²) >= 11 is 0. The number of rotatable bonds is 2. The van der Waals surface area contributed by atoms with Gasteiger partial charge in [-0.15, -0.1) is 0 Å². The van der Waals surface area contributed by atoms with Gasteiger partial charge in [0.2, 0.25) is 0 Å². The average Bonchev–Trinajstić information content (AvgIpc) is 2.73. The van der Waals surface area contributed by atoms with E-state index in [4.69, 9.17) is 9.97 Å². The molecule has 4 aromatic carbocycles. The van der Waals surface area contributed by atoms with Crippen LogP contribution >= 0.6 is 0 Å². The number of fused-ring (bicyclic) bond motifs is 2. The van der Waals surface area contributed by atoms with Crippen LogP contribution in [-0.4, -0.2) is 9.97 Å². The molecule has 0 aliphatic heterocycles. The highest BCUT2D eigenvalue weighted by Crippen LogP contribution is 2.31. The molecule has 0 spiro atoms. The Morgan fingerprint density at radius 2 is 1.37 bits per heavy atom. The summed E-state index contributed by atoms with van der Waals surface area (Å²) in [5.74, 6) is 0.762. The Kier molecular flexibility index (Phi) is 3.68. The van der Waals surface area contributed by atoms with Gasteiger partial charge >= 0.3 is 0 Å². The van der Waals surface area contributed by atoms with Crippen LogP contribution in [0.3, 0.4) is 0 Å². The summed E-state index contributed by atoms with van der Waals surface area (Å²) in [7, 11) is 0. The Hall–Kier alpha value is -3.52. The van der Waals surface area contributed by atoms with E-state index < -0.39 is 0 Å². The maximum Gasteiger partial charge on any atom is 0.160 e. The van der Waals surface area contributed by atoms with E-state index in [9.17, 15) is 0 Å². The number of nitrogens with zero attached hydrogens (tertiary/aromatic N) is 2. The molecule has 0 aliphatic carbocycles. The highest BCUT2D eigenvalue weighted by molar-refractivity contribution is 5.96. The first kappa shape index (κ1) is 15.7. The molecule has 0 atom stereocenters. The molecule has 0 N–H and O–H groups in total. The third-order valence-electron chi connectivity index (χ3n) is 4.99. The van der Waals surface area contributed by atoms with Crippen LogP contribution in [0.15, 0.2) is 91.0 Å². The topological polar surface area (TPSA) is 25.8 Å². The number of aryl methyl sites for hydroxylation is 1. The second-order valence-corrected chi connectivity index (χ2v) is 6.79. The lowest BCUT2D eigenvalue weighted by Crippen LogP contribution is -1.96. The molecule has 0 bridgehead atoms. The largest absolute Gasteiger partial charge is 0.228 e. The van der Waals surface area contributed by atoms with Gasteiger partial charge in [-0.2, -0.15) is 0 Å². The second kappa shape index (κ2) is 6.33. The number of benzene rings is 4. The minimum absolute atomic E-state index is 0.762. The minimum Gasteiger partial charge on any atom is -0.228 e. The standard InChI is InChI=1S/C25H18N2/c1-17-8-7-13-22-23(17)24(19-10-3-2-4-11-19)27-25(26-22)21-15-14-18-9-5-6-12-20(18)16-21/h2-16H,1H3. The molecular weight excluding hydrogens is 328 g/mol.